The number of nitrogens with zero attached hydrogens (tertiary/aromatic N) is 3. The van der Waals surface area contributed by atoms with Gasteiger partial charge in [0.1, 0.15) is 11.3 Å². The number of aromatic nitrogens is 4. The summed E-state index contributed by atoms with van der Waals surface area (Å²) in [6.45, 7) is 6.89. The van der Waals surface area contributed by atoms with Crippen LogP contribution < -0.4 is 11.2 Å². The highest BCUT2D eigenvalue weighted by atomic mass is 16.2. The zero-order valence-corrected chi connectivity index (χ0v) is 15.5. The van der Waals surface area contributed by atoms with Crippen LogP contribution in [0.3, 0.4) is 0 Å². The average molecular weight is 352 g/mol. The molecule has 0 saturated heterocycles. The predicted octanol–water partition coefficient (Wildman–Crippen LogP) is 3.27. The molecule has 0 bridgehead atoms. The summed E-state index contributed by atoms with van der Waals surface area (Å²) in [7, 11) is 0. The fraction of sp³-hybridized carbons (Fsp3) is 0.350. The lowest BCUT2D eigenvalue weighted by atomic mass is 10.1. The maximum absolute atomic E-state index is 12.7. The normalized spacial score (nSPS) is 12.0. The van der Waals surface area contributed by atoms with E-state index in [-0.39, 0.29) is 11.2 Å². The molecule has 0 amide bonds. The van der Waals surface area contributed by atoms with E-state index in [0.717, 1.165) is 24.0 Å². The average Bonchev–Trinajstić information content (AvgIpc) is 3.06. The maximum atomic E-state index is 12.7. The minimum Gasteiger partial charge on any atom is -0.333 e. The summed E-state index contributed by atoms with van der Waals surface area (Å²) in [5, 5.41) is 0. The van der Waals surface area contributed by atoms with Crippen molar-refractivity contribution in [1.82, 2.24) is 19.1 Å². The van der Waals surface area contributed by atoms with Gasteiger partial charge in [0.05, 0.1) is 0 Å². The Labute approximate surface area is 151 Å². The minimum absolute atomic E-state index is 0.284. The van der Waals surface area contributed by atoms with Crippen molar-refractivity contribution in [2.45, 2.75) is 46.7 Å². The Kier molecular flexibility index (Phi) is 5.21. The Morgan fingerprint density at radius 3 is 2.38 bits per heavy atom. The number of hydrogen-bond acceptors (Lipinski definition) is 3. The van der Waals surface area contributed by atoms with Gasteiger partial charge in [-0.05, 0) is 37.0 Å². The van der Waals surface area contributed by atoms with E-state index in [2.05, 4.69) is 9.97 Å². The summed E-state index contributed by atoms with van der Waals surface area (Å²) in [6.07, 6.45) is 3.42. The van der Waals surface area contributed by atoms with E-state index >= 15 is 0 Å². The van der Waals surface area contributed by atoms with Crippen LogP contribution in [0.25, 0.3) is 22.8 Å². The molecule has 0 aliphatic rings. The van der Waals surface area contributed by atoms with Crippen molar-refractivity contribution in [2.75, 3.05) is 0 Å². The van der Waals surface area contributed by atoms with Crippen molar-refractivity contribution in [3.05, 3.63) is 62.6 Å². The zero-order valence-electron chi connectivity index (χ0n) is 15.5. The number of aromatic amines is 1. The lowest BCUT2D eigenvalue weighted by Gasteiger charge is -2.09. The van der Waals surface area contributed by atoms with Gasteiger partial charge >= 0.3 is 5.69 Å². The number of fused-ring (bicyclic) bond motifs is 1. The maximum Gasteiger partial charge on any atom is 0.332 e. The van der Waals surface area contributed by atoms with Crippen molar-refractivity contribution in [2.24, 2.45) is 0 Å². The molecule has 0 spiro atoms. The molecule has 3 rings (SSSR count). The molecule has 6 nitrogen and oxygen atoms in total. The summed E-state index contributed by atoms with van der Waals surface area (Å²) in [4.78, 5) is 33.1. The van der Waals surface area contributed by atoms with Crippen LogP contribution in [0.4, 0.5) is 0 Å². The topological polar surface area (TPSA) is 72.7 Å². The molecule has 3 aromatic rings. The van der Waals surface area contributed by atoms with E-state index < -0.39 is 0 Å². The zero-order chi connectivity index (χ0) is 18.7. The number of aryl methyl sites for hydroxylation is 1. The molecule has 0 unspecified atom stereocenters. The van der Waals surface area contributed by atoms with Gasteiger partial charge in [0, 0.05) is 13.1 Å². The van der Waals surface area contributed by atoms with E-state index in [9.17, 15) is 9.59 Å². The van der Waals surface area contributed by atoms with Crippen LogP contribution in [0.2, 0.25) is 0 Å². The number of benzene rings is 1. The highest BCUT2D eigenvalue weighted by molar-refractivity contribution is 5.81. The van der Waals surface area contributed by atoms with E-state index in [0.29, 0.717) is 30.1 Å². The molecular weight excluding hydrogens is 328 g/mol. The second-order valence-corrected chi connectivity index (χ2v) is 6.41. The third kappa shape index (κ3) is 3.27. The standard InChI is InChI=1S/C20H24N4O2/c1-4-11-23-18-17(19(25)24(12-5-2)20(23)26)21-16(22-18)13-14(3)15-9-7-6-8-10-15/h6-10,13H,4-5,11-12H2,1-3H3,(H,21,22). The van der Waals surface area contributed by atoms with E-state index in [4.69, 9.17) is 0 Å². The third-order valence-electron chi connectivity index (χ3n) is 4.36. The van der Waals surface area contributed by atoms with Crippen LogP contribution in [-0.4, -0.2) is 19.1 Å². The lowest BCUT2D eigenvalue weighted by molar-refractivity contribution is 0.555. The lowest BCUT2D eigenvalue weighted by Crippen LogP contribution is -2.40. The van der Waals surface area contributed by atoms with Gasteiger partial charge in [-0.3, -0.25) is 13.9 Å². The number of H-pyrrole nitrogens is 1. The molecule has 0 aliphatic heterocycles. The molecule has 26 heavy (non-hydrogen) atoms. The number of nitrogens with one attached hydrogen (secondary N) is 1. The van der Waals surface area contributed by atoms with Gasteiger partial charge in [-0.15, -0.1) is 0 Å². The summed E-state index contributed by atoms with van der Waals surface area (Å²) in [5.74, 6) is 0.581. The summed E-state index contributed by atoms with van der Waals surface area (Å²) < 4.78 is 2.89. The molecule has 0 radical (unpaired) electrons. The SMILES string of the molecule is CCCn1c(=O)c2[nH]c(C=C(C)c3ccccc3)nc2n(CCC)c1=O. The van der Waals surface area contributed by atoms with Gasteiger partial charge in [0.25, 0.3) is 5.56 Å². The summed E-state index contributed by atoms with van der Waals surface area (Å²) in [6, 6.07) is 9.98. The van der Waals surface area contributed by atoms with Gasteiger partial charge in [-0.2, -0.15) is 0 Å². The van der Waals surface area contributed by atoms with Gasteiger partial charge in [0.15, 0.2) is 5.65 Å². The Morgan fingerprint density at radius 1 is 1.08 bits per heavy atom. The quantitative estimate of drug-likeness (QED) is 0.740. The molecule has 6 heteroatoms. The highest BCUT2D eigenvalue weighted by Gasteiger charge is 2.16. The second-order valence-electron chi connectivity index (χ2n) is 6.41. The van der Waals surface area contributed by atoms with Crippen molar-refractivity contribution < 1.29 is 0 Å². The van der Waals surface area contributed by atoms with E-state index in [1.54, 1.807) is 4.57 Å². The fourth-order valence-electron chi connectivity index (χ4n) is 3.09. The molecule has 0 aliphatic carbocycles. The largest absolute Gasteiger partial charge is 0.333 e. The number of rotatable bonds is 6. The first-order valence-corrected chi connectivity index (χ1v) is 9.03. The number of allylic oxidation sites excluding steroid dienone is 1. The molecule has 136 valence electrons. The van der Waals surface area contributed by atoms with E-state index in [1.807, 2.05) is 57.2 Å². The molecule has 0 saturated carbocycles. The number of imidazole rings is 1. The van der Waals surface area contributed by atoms with Crippen LogP contribution in [0.15, 0.2) is 39.9 Å². The Hall–Kier alpha value is -2.89. The Balaban J connectivity index is 2.19. The first kappa shape index (κ1) is 17.9. The van der Waals surface area contributed by atoms with Crippen LogP contribution in [0.5, 0.6) is 0 Å². The van der Waals surface area contributed by atoms with Gasteiger partial charge in [0.2, 0.25) is 0 Å². The Morgan fingerprint density at radius 2 is 1.73 bits per heavy atom. The summed E-state index contributed by atoms with van der Waals surface area (Å²) in [5.41, 5.74) is 2.35. The highest BCUT2D eigenvalue weighted by Crippen LogP contribution is 2.17. The fourth-order valence-corrected chi connectivity index (χ4v) is 3.09. The second kappa shape index (κ2) is 7.56. The molecule has 2 aromatic heterocycles. The van der Waals surface area contributed by atoms with E-state index in [1.165, 1.54) is 4.57 Å². The molecule has 1 aromatic carbocycles. The predicted molar refractivity (Wildman–Crippen MR) is 105 cm³/mol. The van der Waals surface area contributed by atoms with Crippen LogP contribution in [-0.2, 0) is 13.1 Å². The number of hydrogen-bond donors (Lipinski definition) is 1. The van der Waals surface area contributed by atoms with Crippen molar-refractivity contribution in [1.29, 1.82) is 0 Å². The molecule has 1 N–H and O–H groups in total. The first-order valence-electron chi connectivity index (χ1n) is 9.03. The molecular formula is C20H24N4O2. The molecule has 0 atom stereocenters. The van der Waals surface area contributed by atoms with Crippen molar-refractivity contribution in [3.63, 3.8) is 0 Å². The molecule has 0 fully saturated rings. The van der Waals surface area contributed by atoms with Gasteiger partial charge in [-0.1, -0.05) is 44.2 Å². The van der Waals surface area contributed by atoms with Crippen molar-refractivity contribution in [3.8, 4) is 0 Å². The Bertz CT molecular complexity index is 1060. The van der Waals surface area contributed by atoms with Gasteiger partial charge < -0.3 is 4.98 Å². The smallest absolute Gasteiger partial charge is 0.332 e. The monoisotopic (exact) mass is 352 g/mol. The molecule has 2 heterocycles. The van der Waals surface area contributed by atoms with Gasteiger partial charge in [-0.25, -0.2) is 9.78 Å². The summed E-state index contributed by atoms with van der Waals surface area (Å²) >= 11 is 0. The third-order valence-corrected chi connectivity index (χ3v) is 4.36. The van der Waals surface area contributed by atoms with Crippen molar-refractivity contribution >= 4 is 22.8 Å². The van der Waals surface area contributed by atoms with Crippen LogP contribution >= 0.6 is 0 Å². The van der Waals surface area contributed by atoms with Crippen LogP contribution in [0.1, 0.15) is 45.0 Å². The first-order chi connectivity index (χ1) is 12.6. The van der Waals surface area contributed by atoms with Crippen LogP contribution in [0, 0.1) is 0 Å². The minimum atomic E-state index is -0.302.